The Morgan fingerprint density at radius 2 is 2.17 bits per heavy atom. The van der Waals surface area contributed by atoms with Crippen LogP contribution in [-0.2, 0) is 21.6 Å². The van der Waals surface area contributed by atoms with Gasteiger partial charge in [0, 0.05) is 31.4 Å². The molecule has 2 aliphatic heterocycles. The number of anilines is 1. The molecule has 1 aromatic carbocycles. The van der Waals surface area contributed by atoms with E-state index in [0.29, 0.717) is 38.0 Å². The van der Waals surface area contributed by atoms with Gasteiger partial charge in [0.15, 0.2) is 6.61 Å². The summed E-state index contributed by atoms with van der Waals surface area (Å²) in [7, 11) is 0. The van der Waals surface area contributed by atoms with Crippen LogP contribution in [0.3, 0.4) is 0 Å². The van der Waals surface area contributed by atoms with Crippen LogP contribution in [0.5, 0.6) is 5.75 Å². The first-order valence-corrected chi connectivity index (χ1v) is 10.4. The van der Waals surface area contributed by atoms with Crippen molar-refractivity contribution in [3.05, 3.63) is 47.8 Å². The van der Waals surface area contributed by atoms with Crippen LogP contribution in [0.25, 0.3) is 0 Å². The van der Waals surface area contributed by atoms with Crippen LogP contribution in [0.15, 0.2) is 36.5 Å². The van der Waals surface area contributed by atoms with Gasteiger partial charge in [-0.05, 0) is 37.3 Å². The highest BCUT2D eigenvalue weighted by Crippen LogP contribution is 2.39. The molecule has 2 aromatic rings. The third-order valence-corrected chi connectivity index (χ3v) is 6.06. The molecule has 0 radical (unpaired) electrons. The number of carbonyl (C=O) groups excluding carboxylic acids is 1. The van der Waals surface area contributed by atoms with E-state index in [1.54, 1.807) is 0 Å². The summed E-state index contributed by atoms with van der Waals surface area (Å²) < 4.78 is 11.5. The van der Waals surface area contributed by atoms with Gasteiger partial charge in [-0.2, -0.15) is 0 Å². The molecule has 152 valence electrons. The second-order valence-electron chi connectivity index (χ2n) is 8.33. The second kappa shape index (κ2) is 7.63. The van der Waals surface area contributed by atoms with Crippen molar-refractivity contribution in [3.8, 4) is 5.75 Å². The van der Waals surface area contributed by atoms with E-state index in [1.165, 1.54) is 12.8 Å². The minimum Gasteiger partial charge on any atom is -0.484 e. The number of nitrogens with one attached hydrogen (secondary N) is 1. The molecule has 1 aromatic heterocycles. The molecule has 1 aliphatic carbocycles. The third-order valence-electron chi connectivity index (χ3n) is 6.06. The topological polar surface area (TPSA) is 76.6 Å². The van der Waals surface area contributed by atoms with E-state index in [2.05, 4.69) is 10.3 Å². The van der Waals surface area contributed by atoms with Crippen LogP contribution in [0, 0.1) is 5.92 Å². The number of aromatic nitrogens is 2. The van der Waals surface area contributed by atoms with Crippen molar-refractivity contribution >= 4 is 11.9 Å². The monoisotopic (exact) mass is 394 g/mol. The molecule has 1 atom stereocenters. The Labute approximate surface area is 170 Å². The maximum Gasteiger partial charge on any atom is 0.260 e. The minimum absolute atomic E-state index is 0.000936. The van der Waals surface area contributed by atoms with Crippen molar-refractivity contribution in [2.75, 3.05) is 38.2 Å². The van der Waals surface area contributed by atoms with Crippen molar-refractivity contribution in [3.63, 3.8) is 0 Å². The summed E-state index contributed by atoms with van der Waals surface area (Å²) in [4.78, 5) is 23.9. The molecule has 5 rings (SSSR count). The highest BCUT2D eigenvalue weighted by molar-refractivity contribution is 5.78. The zero-order valence-electron chi connectivity index (χ0n) is 16.5. The smallest absolute Gasteiger partial charge is 0.260 e. The van der Waals surface area contributed by atoms with Crippen LogP contribution in [0.1, 0.15) is 30.5 Å². The lowest BCUT2D eigenvalue weighted by atomic mass is 9.80. The SMILES string of the molecule is O=C(COc1ccccc1)N1CC[C@@]2(COCc3cnc(NCC4CC4)nc32)C1. The van der Waals surface area contributed by atoms with Gasteiger partial charge in [-0.15, -0.1) is 0 Å². The molecule has 2 fully saturated rings. The predicted octanol–water partition coefficient (Wildman–Crippen LogP) is 2.38. The number of hydrogen-bond acceptors (Lipinski definition) is 6. The van der Waals surface area contributed by atoms with E-state index >= 15 is 0 Å². The van der Waals surface area contributed by atoms with Gasteiger partial charge in [0.2, 0.25) is 5.95 Å². The number of nitrogens with zero attached hydrogens (tertiary/aromatic N) is 3. The van der Waals surface area contributed by atoms with Crippen molar-refractivity contribution in [2.24, 2.45) is 5.92 Å². The number of amides is 1. The van der Waals surface area contributed by atoms with E-state index in [4.69, 9.17) is 14.5 Å². The number of para-hydroxylation sites is 1. The first kappa shape index (κ1) is 18.4. The first-order valence-electron chi connectivity index (χ1n) is 10.4. The molecule has 3 heterocycles. The molecule has 1 N–H and O–H groups in total. The minimum atomic E-state index is -0.255. The van der Waals surface area contributed by atoms with Crippen LogP contribution in [0.2, 0.25) is 0 Å². The fraction of sp³-hybridized carbons (Fsp3) is 0.500. The van der Waals surface area contributed by atoms with Gasteiger partial charge in [0.25, 0.3) is 5.91 Å². The van der Waals surface area contributed by atoms with Gasteiger partial charge in [-0.1, -0.05) is 18.2 Å². The van der Waals surface area contributed by atoms with Gasteiger partial charge < -0.3 is 19.7 Å². The Morgan fingerprint density at radius 3 is 3.00 bits per heavy atom. The van der Waals surface area contributed by atoms with Crippen molar-refractivity contribution < 1.29 is 14.3 Å². The first-order chi connectivity index (χ1) is 14.2. The Balaban J connectivity index is 1.28. The van der Waals surface area contributed by atoms with E-state index in [-0.39, 0.29) is 17.9 Å². The second-order valence-corrected chi connectivity index (χ2v) is 8.33. The maximum atomic E-state index is 12.7. The maximum absolute atomic E-state index is 12.7. The highest BCUT2D eigenvalue weighted by atomic mass is 16.5. The molecule has 1 saturated carbocycles. The van der Waals surface area contributed by atoms with Crippen molar-refractivity contribution in [1.82, 2.24) is 14.9 Å². The Bertz CT molecular complexity index is 887. The van der Waals surface area contributed by atoms with E-state index in [9.17, 15) is 4.79 Å². The van der Waals surface area contributed by atoms with Gasteiger partial charge in [0.1, 0.15) is 5.75 Å². The molecular weight excluding hydrogens is 368 g/mol. The zero-order chi connectivity index (χ0) is 19.7. The lowest BCUT2D eigenvalue weighted by molar-refractivity contribution is -0.132. The number of hydrogen-bond donors (Lipinski definition) is 1. The lowest BCUT2D eigenvalue weighted by Gasteiger charge is -2.34. The third kappa shape index (κ3) is 3.92. The van der Waals surface area contributed by atoms with Crippen LogP contribution in [-0.4, -0.2) is 53.6 Å². The normalized spacial score (nSPS) is 23.1. The van der Waals surface area contributed by atoms with Crippen LogP contribution >= 0.6 is 0 Å². The fourth-order valence-electron chi connectivity index (χ4n) is 4.19. The average molecular weight is 394 g/mol. The zero-order valence-corrected chi connectivity index (χ0v) is 16.5. The molecule has 0 bridgehead atoms. The summed E-state index contributed by atoms with van der Waals surface area (Å²) in [5.41, 5.74) is 1.81. The summed E-state index contributed by atoms with van der Waals surface area (Å²) in [6.07, 6.45) is 5.30. The molecule has 7 nitrogen and oxygen atoms in total. The Morgan fingerprint density at radius 1 is 1.31 bits per heavy atom. The van der Waals surface area contributed by atoms with Gasteiger partial charge in [-0.3, -0.25) is 4.79 Å². The Hall–Kier alpha value is -2.67. The van der Waals surface area contributed by atoms with Crippen molar-refractivity contribution in [1.29, 1.82) is 0 Å². The van der Waals surface area contributed by atoms with E-state index in [1.807, 2.05) is 41.4 Å². The van der Waals surface area contributed by atoms with E-state index < -0.39 is 0 Å². The van der Waals surface area contributed by atoms with Crippen molar-refractivity contribution in [2.45, 2.75) is 31.3 Å². The fourth-order valence-corrected chi connectivity index (χ4v) is 4.19. The molecular formula is C22H26N4O3. The molecule has 1 saturated heterocycles. The average Bonchev–Trinajstić information content (AvgIpc) is 3.50. The van der Waals surface area contributed by atoms with E-state index in [0.717, 1.165) is 30.1 Å². The molecule has 7 heteroatoms. The number of rotatable bonds is 6. The highest BCUT2D eigenvalue weighted by Gasteiger charge is 2.46. The number of carbonyl (C=O) groups is 1. The predicted molar refractivity (Wildman–Crippen MR) is 108 cm³/mol. The van der Waals surface area contributed by atoms with Gasteiger partial charge >= 0.3 is 0 Å². The standard InChI is InChI=1S/C22H26N4O3/c27-19(13-29-18-4-2-1-3-5-18)26-9-8-22(14-26)15-28-12-17-11-24-21(25-20(17)22)23-10-16-6-7-16/h1-5,11,16H,6-10,12-15H2,(H,23,24,25)/t22-/m0/s1. The summed E-state index contributed by atoms with van der Waals surface area (Å²) in [5.74, 6) is 2.16. The largest absolute Gasteiger partial charge is 0.484 e. The summed E-state index contributed by atoms with van der Waals surface area (Å²) in [6.45, 7) is 3.40. The molecule has 29 heavy (non-hydrogen) atoms. The molecule has 0 unspecified atom stereocenters. The number of likely N-dealkylation sites (tertiary alicyclic amines) is 1. The van der Waals surface area contributed by atoms with Crippen LogP contribution in [0.4, 0.5) is 5.95 Å². The molecule has 1 spiro atoms. The summed E-state index contributed by atoms with van der Waals surface area (Å²) >= 11 is 0. The summed E-state index contributed by atoms with van der Waals surface area (Å²) in [6, 6.07) is 9.44. The number of ether oxygens (including phenoxy) is 2. The molecule has 1 amide bonds. The lowest BCUT2D eigenvalue weighted by Crippen LogP contribution is -2.42. The number of fused-ring (bicyclic) bond motifs is 2. The van der Waals surface area contributed by atoms with Gasteiger partial charge in [0.05, 0.1) is 24.3 Å². The quantitative estimate of drug-likeness (QED) is 0.811. The Kier molecular flexibility index (Phi) is 4.83. The number of benzene rings is 1. The van der Waals surface area contributed by atoms with Gasteiger partial charge in [-0.25, -0.2) is 9.97 Å². The summed E-state index contributed by atoms with van der Waals surface area (Å²) in [5, 5.41) is 3.37. The van der Waals surface area contributed by atoms with Crippen LogP contribution < -0.4 is 10.1 Å². The molecule has 3 aliphatic rings.